The number of benzene rings is 1. The molecule has 4 heteroatoms. The summed E-state index contributed by atoms with van der Waals surface area (Å²) in [6, 6.07) is 9.39. The molecule has 1 aromatic carbocycles. The minimum atomic E-state index is -0.161. The molecule has 3 rings (SSSR count). The number of thiophene rings is 1. The lowest BCUT2D eigenvalue weighted by atomic mass is 9.96. The van der Waals surface area contributed by atoms with Gasteiger partial charge in [-0.3, -0.25) is 4.90 Å². The Balaban J connectivity index is 1.93. The Morgan fingerprint density at radius 2 is 2.20 bits per heavy atom. The highest BCUT2D eigenvalue weighted by Crippen LogP contribution is 2.38. The SMILES string of the molecule is CC1c2ccsc2CCN1C(CN)c1ccccc1F. The summed E-state index contributed by atoms with van der Waals surface area (Å²) in [7, 11) is 0. The topological polar surface area (TPSA) is 29.3 Å². The Bertz CT molecular complexity index is 596. The molecule has 0 bridgehead atoms. The molecule has 2 nitrogen and oxygen atoms in total. The van der Waals surface area contributed by atoms with Gasteiger partial charge >= 0.3 is 0 Å². The first-order chi connectivity index (χ1) is 9.72. The number of fused-ring (bicyclic) bond motifs is 1. The lowest BCUT2D eigenvalue weighted by Gasteiger charge is -2.39. The summed E-state index contributed by atoms with van der Waals surface area (Å²) in [5.41, 5.74) is 8.04. The minimum absolute atomic E-state index is 0.0563. The fourth-order valence-corrected chi connectivity index (χ4v) is 4.10. The predicted octanol–water partition coefficient (Wildman–Crippen LogP) is 3.51. The van der Waals surface area contributed by atoms with E-state index in [1.165, 1.54) is 16.5 Å². The van der Waals surface area contributed by atoms with Crippen LogP contribution in [0.5, 0.6) is 0 Å². The lowest BCUT2D eigenvalue weighted by molar-refractivity contribution is 0.136. The summed E-state index contributed by atoms with van der Waals surface area (Å²) in [6.07, 6.45) is 1.03. The normalized spacial score (nSPS) is 20.6. The van der Waals surface area contributed by atoms with Crippen LogP contribution < -0.4 is 5.73 Å². The molecule has 2 N–H and O–H groups in total. The molecule has 0 fully saturated rings. The molecule has 1 aliphatic heterocycles. The number of halogens is 1. The summed E-state index contributed by atoms with van der Waals surface area (Å²) in [5.74, 6) is -0.161. The first-order valence-electron chi connectivity index (χ1n) is 6.99. The van der Waals surface area contributed by atoms with Crippen LogP contribution in [0.4, 0.5) is 4.39 Å². The first kappa shape index (κ1) is 13.7. The van der Waals surface area contributed by atoms with Gasteiger partial charge in [0.2, 0.25) is 0 Å². The van der Waals surface area contributed by atoms with Crippen LogP contribution in [-0.4, -0.2) is 18.0 Å². The summed E-state index contributed by atoms with van der Waals surface area (Å²) < 4.78 is 14.1. The van der Waals surface area contributed by atoms with Crippen molar-refractivity contribution in [2.75, 3.05) is 13.1 Å². The zero-order chi connectivity index (χ0) is 14.1. The van der Waals surface area contributed by atoms with E-state index in [-0.39, 0.29) is 17.9 Å². The molecule has 2 unspecified atom stereocenters. The third-order valence-corrected chi connectivity index (χ3v) is 5.21. The Hall–Kier alpha value is -1.23. The fourth-order valence-electron chi connectivity index (χ4n) is 3.14. The van der Waals surface area contributed by atoms with E-state index in [0.29, 0.717) is 12.1 Å². The van der Waals surface area contributed by atoms with Crippen LogP contribution in [0.1, 0.15) is 35.0 Å². The molecule has 0 saturated carbocycles. The van der Waals surface area contributed by atoms with Gasteiger partial charge in [-0.2, -0.15) is 0 Å². The second-order valence-corrected chi connectivity index (χ2v) is 6.24. The molecule has 106 valence electrons. The van der Waals surface area contributed by atoms with Crippen molar-refractivity contribution in [2.24, 2.45) is 5.73 Å². The van der Waals surface area contributed by atoms with E-state index in [2.05, 4.69) is 23.3 Å². The lowest BCUT2D eigenvalue weighted by Crippen LogP contribution is -2.40. The summed E-state index contributed by atoms with van der Waals surface area (Å²) >= 11 is 1.82. The van der Waals surface area contributed by atoms with E-state index in [1.54, 1.807) is 6.07 Å². The maximum atomic E-state index is 14.1. The van der Waals surface area contributed by atoms with E-state index in [0.717, 1.165) is 13.0 Å². The van der Waals surface area contributed by atoms with Crippen LogP contribution in [0.25, 0.3) is 0 Å². The quantitative estimate of drug-likeness (QED) is 0.937. The van der Waals surface area contributed by atoms with Gasteiger partial charge in [-0.05, 0) is 36.4 Å². The molecule has 0 amide bonds. The molecule has 2 heterocycles. The monoisotopic (exact) mass is 290 g/mol. The van der Waals surface area contributed by atoms with E-state index in [1.807, 2.05) is 23.5 Å². The highest BCUT2D eigenvalue weighted by atomic mass is 32.1. The summed E-state index contributed by atoms with van der Waals surface area (Å²) in [6.45, 7) is 3.56. The molecule has 0 spiro atoms. The van der Waals surface area contributed by atoms with Crippen LogP contribution >= 0.6 is 11.3 Å². The second-order valence-electron chi connectivity index (χ2n) is 5.24. The molecular weight excluding hydrogens is 271 g/mol. The van der Waals surface area contributed by atoms with Crippen LogP contribution in [0.3, 0.4) is 0 Å². The van der Waals surface area contributed by atoms with Crippen molar-refractivity contribution in [3.8, 4) is 0 Å². The van der Waals surface area contributed by atoms with Crippen molar-refractivity contribution in [3.63, 3.8) is 0 Å². The van der Waals surface area contributed by atoms with Gasteiger partial charge in [0.15, 0.2) is 0 Å². The Morgan fingerprint density at radius 1 is 1.40 bits per heavy atom. The molecule has 2 aromatic rings. The average molecular weight is 290 g/mol. The number of rotatable bonds is 3. The molecule has 0 aliphatic carbocycles. The highest BCUT2D eigenvalue weighted by molar-refractivity contribution is 7.10. The van der Waals surface area contributed by atoms with Gasteiger partial charge in [0, 0.05) is 29.6 Å². The molecule has 1 aromatic heterocycles. The number of nitrogens with zero attached hydrogens (tertiary/aromatic N) is 1. The van der Waals surface area contributed by atoms with Gasteiger partial charge in [0.25, 0.3) is 0 Å². The number of hydrogen-bond donors (Lipinski definition) is 1. The molecule has 1 aliphatic rings. The predicted molar refractivity (Wildman–Crippen MR) is 81.3 cm³/mol. The van der Waals surface area contributed by atoms with Crippen LogP contribution in [0.2, 0.25) is 0 Å². The fraction of sp³-hybridized carbons (Fsp3) is 0.375. The van der Waals surface area contributed by atoms with Crippen LogP contribution in [0.15, 0.2) is 35.7 Å². The largest absolute Gasteiger partial charge is 0.329 e. The highest BCUT2D eigenvalue weighted by Gasteiger charge is 2.31. The smallest absolute Gasteiger partial charge is 0.128 e. The van der Waals surface area contributed by atoms with Crippen molar-refractivity contribution in [2.45, 2.75) is 25.4 Å². The Morgan fingerprint density at radius 3 is 2.95 bits per heavy atom. The van der Waals surface area contributed by atoms with E-state index in [4.69, 9.17) is 5.73 Å². The third kappa shape index (κ3) is 2.28. The maximum Gasteiger partial charge on any atom is 0.128 e. The zero-order valence-corrected chi connectivity index (χ0v) is 12.4. The first-order valence-corrected chi connectivity index (χ1v) is 7.87. The standard InChI is InChI=1S/C16H19FN2S/c1-11-12-7-9-20-16(12)6-8-19(11)15(10-18)13-4-2-3-5-14(13)17/h2-5,7,9,11,15H,6,8,10,18H2,1H3. The van der Waals surface area contributed by atoms with E-state index >= 15 is 0 Å². The van der Waals surface area contributed by atoms with Crippen molar-refractivity contribution in [1.82, 2.24) is 4.90 Å². The zero-order valence-electron chi connectivity index (χ0n) is 11.6. The minimum Gasteiger partial charge on any atom is -0.329 e. The van der Waals surface area contributed by atoms with Gasteiger partial charge in [-0.15, -0.1) is 11.3 Å². The molecule has 0 saturated heterocycles. The number of hydrogen-bond acceptors (Lipinski definition) is 3. The summed E-state index contributed by atoms with van der Waals surface area (Å²) in [5, 5.41) is 2.14. The van der Waals surface area contributed by atoms with E-state index < -0.39 is 0 Å². The maximum absolute atomic E-state index is 14.1. The molecule has 0 radical (unpaired) electrons. The molecule has 2 atom stereocenters. The summed E-state index contributed by atoms with van der Waals surface area (Å²) in [4.78, 5) is 3.78. The van der Waals surface area contributed by atoms with Crippen molar-refractivity contribution in [3.05, 3.63) is 57.5 Å². The Labute approximate surface area is 123 Å². The van der Waals surface area contributed by atoms with Crippen molar-refractivity contribution < 1.29 is 4.39 Å². The average Bonchev–Trinajstić information content (AvgIpc) is 2.93. The third-order valence-electron chi connectivity index (χ3n) is 4.21. The van der Waals surface area contributed by atoms with Crippen molar-refractivity contribution >= 4 is 11.3 Å². The molecular formula is C16H19FN2S. The van der Waals surface area contributed by atoms with Gasteiger partial charge in [-0.1, -0.05) is 18.2 Å². The van der Waals surface area contributed by atoms with Crippen LogP contribution in [0, 0.1) is 5.82 Å². The second kappa shape index (κ2) is 5.64. The van der Waals surface area contributed by atoms with Gasteiger partial charge < -0.3 is 5.73 Å². The molecule has 20 heavy (non-hydrogen) atoms. The van der Waals surface area contributed by atoms with E-state index in [9.17, 15) is 4.39 Å². The van der Waals surface area contributed by atoms with Gasteiger partial charge in [-0.25, -0.2) is 4.39 Å². The van der Waals surface area contributed by atoms with Crippen molar-refractivity contribution in [1.29, 1.82) is 0 Å². The van der Waals surface area contributed by atoms with Gasteiger partial charge in [0.05, 0.1) is 6.04 Å². The number of nitrogens with two attached hydrogens (primary N) is 1. The van der Waals surface area contributed by atoms with Crippen LogP contribution in [-0.2, 0) is 6.42 Å². The Kier molecular flexibility index (Phi) is 3.87. The van der Waals surface area contributed by atoms with Gasteiger partial charge in [0.1, 0.15) is 5.82 Å².